The summed E-state index contributed by atoms with van der Waals surface area (Å²) >= 11 is 1.99. The number of rotatable bonds is 5. The predicted octanol–water partition coefficient (Wildman–Crippen LogP) is 3.79. The average molecular weight is 292 g/mol. The summed E-state index contributed by atoms with van der Waals surface area (Å²) in [5.41, 5.74) is 1.56. The van der Waals surface area contributed by atoms with Crippen molar-refractivity contribution in [3.8, 4) is 0 Å². The van der Waals surface area contributed by atoms with Crippen LogP contribution in [0.15, 0.2) is 6.07 Å². The number of nitrogens with one attached hydrogen (secondary N) is 1. The van der Waals surface area contributed by atoms with Crippen molar-refractivity contribution in [2.45, 2.75) is 59.2 Å². The van der Waals surface area contributed by atoms with Gasteiger partial charge in [0.05, 0.1) is 0 Å². The molecule has 0 bridgehead atoms. The molecule has 0 amide bonds. The smallest absolute Gasteiger partial charge is 0.0302 e. The van der Waals surface area contributed by atoms with Crippen LogP contribution in [-0.2, 0) is 13.1 Å². The van der Waals surface area contributed by atoms with E-state index in [1.807, 2.05) is 11.3 Å². The third-order valence-electron chi connectivity index (χ3n) is 4.55. The highest BCUT2D eigenvalue weighted by atomic mass is 32.1. The van der Waals surface area contributed by atoms with Gasteiger partial charge in [0.15, 0.2) is 0 Å². The monoisotopic (exact) mass is 292 g/mol. The maximum absolute atomic E-state index is 3.63. The predicted molar refractivity (Wildman–Crippen MR) is 87.1 cm³/mol. The summed E-state index contributed by atoms with van der Waals surface area (Å²) in [6.07, 6.45) is 4.15. The highest BCUT2D eigenvalue weighted by Crippen LogP contribution is 2.27. The summed E-state index contributed by atoms with van der Waals surface area (Å²) in [6.45, 7) is 11.9. The first kappa shape index (κ1) is 14.6. The van der Waals surface area contributed by atoms with E-state index in [0.29, 0.717) is 0 Å². The van der Waals surface area contributed by atoms with Gasteiger partial charge in [0, 0.05) is 42.0 Å². The minimum absolute atomic E-state index is 0.810. The Morgan fingerprint density at radius 3 is 2.60 bits per heavy atom. The molecular formula is C17H28N2S. The molecule has 1 aromatic heterocycles. The van der Waals surface area contributed by atoms with Gasteiger partial charge >= 0.3 is 0 Å². The molecule has 2 atom stereocenters. The van der Waals surface area contributed by atoms with Crippen LogP contribution in [0.2, 0.25) is 0 Å². The number of piperidine rings is 1. The standard InChI is InChI=1S/C17H28N2S/c1-12-6-13(2)10-19(9-12)11-15-7-17(20-14(15)3)8-18-16-4-5-16/h7,12-13,16,18H,4-6,8-11H2,1-3H3. The minimum Gasteiger partial charge on any atom is -0.309 e. The van der Waals surface area contributed by atoms with Gasteiger partial charge in [0.2, 0.25) is 0 Å². The first-order valence-corrected chi connectivity index (χ1v) is 8.95. The third-order valence-corrected chi connectivity index (χ3v) is 5.65. The van der Waals surface area contributed by atoms with Crippen LogP contribution >= 0.6 is 11.3 Å². The summed E-state index contributed by atoms with van der Waals surface area (Å²) < 4.78 is 0. The van der Waals surface area contributed by atoms with Gasteiger partial charge in [0.25, 0.3) is 0 Å². The van der Waals surface area contributed by atoms with E-state index in [1.54, 1.807) is 5.56 Å². The van der Waals surface area contributed by atoms with Crippen molar-refractivity contribution in [3.05, 3.63) is 21.4 Å². The van der Waals surface area contributed by atoms with Crippen molar-refractivity contribution in [3.63, 3.8) is 0 Å². The van der Waals surface area contributed by atoms with Crippen molar-refractivity contribution in [2.24, 2.45) is 11.8 Å². The van der Waals surface area contributed by atoms with Gasteiger partial charge in [-0.3, -0.25) is 4.90 Å². The normalized spacial score (nSPS) is 27.9. The van der Waals surface area contributed by atoms with Crippen LogP contribution in [0.5, 0.6) is 0 Å². The number of nitrogens with zero attached hydrogens (tertiary/aromatic N) is 1. The first-order chi connectivity index (χ1) is 9.60. The molecule has 1 saturated heterocycles. The van der Waals surface area contributed by atoms with Crippen molar-refractivity contribution in [1.82, 2.24) is 10.2 Å². The van der Waals surface area contributed by atoms with Gasteiger partial charge < -0.3 is 5.32 Å². The molecule has 2 fully saturated rings. The van der Waals surface area contributed by atoms with Crippen LogP contribution in [0.3, 0.4) is 0 Å². The van der Waals surface area contributed by atoms with Gasteiger partial charge in [-0.15, -0.1) is 11.3 Å². The molecular weight excluding hydrogens is 264 g/mol. The lowest BCUT2D eigenvalue weighted by atomic mass is 9.91. The number of hydrogen-bond donors (Lipinski definition) is 1. The Morgan fingerprint density at radius 1 is 1.25 bits per heavy atom. The van der Waals surface area contributed by atoms with E-state index in [-0.39, 0.29) is 0 Å². The Kier molecular flexibility index (Phi) is 4.49. The van der Waals surface area contributed by atoms with Crippen molar-refractivity contribution in [1.29, 1.82) is 0 Å². The zero-order valence-electron chi connectivity index (χ0n) is 13.1. The zero-order valence-corrected chi connectivity index (χ0v) is 13.9. The number of thiophene rings is 1. The van der Waals surface area contributed by atoms with Crippen molar-refractivity contribution >= 4 is 11.3 Å². The highest BCUT2D eigenvalue weighted by molar-refractivity contribution is 7.12. The Bertz CT molecular complexity index is 440. The molecule has 2 unspecified atom stereocenters. The van der Waals surface area contributed by atoms with E-state index in [9.17, 15) is 0 Å². The molecule has 0 aromatic carbocycles. The molecule has 112 valence electrons. The molecule has 3 heteroatoms. The van der Waals surface area contributed by atoms with Crippen LogP contribution in [-0.4, -0.2) is 24.0 Å². The topological polar surface area (TPSA) is 15.3 Å². The quantitative estimate of drug-likeness (QED) is 0.888. The van der Waals surface area contributed by atoms with Crippen LogP contribution in [0.1, 0.15) is 48.4 Å². The second-order valence-electron chi connectivity index (χ2n) is 7.09. The van der Waals surface area contributed by atoms with E-state index < -0.39 is 0 Å². The van der Waals surface area contributed by atoms with E-state index in [1.165, 1.54) is 42.1 Å². The molecule has 1 N–H and O–H groups in total. The fourth-order valence-corrected chi connectivity index (χ4v) is 4.53. The number of likely N-dealkylation sites (tertiary alicyclic amines) is 1. The molecule has 0 radical (unpaired) electrons. The summed E-state index contributed by atoms with van der Waals surface area (Å²) in [5, 5.41) is 3.63. The minimum atomic E-state index is 0.810. The van der Waals surface area contributed by atoms with Gasteiger partial charge in [-0.1, -0.05) is 13.8 Å². The van der Waals surface area contributed by atoms with Gasteiger partial charge in [-0.2, -0.15) is 0 Å². The Labute approximate surface area is 127 Å². The van der Waals surface area contributed by atoms with Crippen molar-refractivity contribution in [2.75, 3.05) is 13.1 Å². The molecule has 1 saturated carbocycles. The molecule has 3 rings (SSSR count). The van der Waals surface area contributed by atoms with Crippen molar-refractivity contribution < 1.29 is 0 Å². The zero-order chi connectivity index (χ0) is 14.1. The summed E-state index contributed by atoms with van der Waals surface area (Å²) in [4.78, 5) is 5.69. The van der Waals surface area contributed by atoms with Crippen LogP contribution < -0.4 is 5.32 Å². The highest BCUT2D eigenvalue weighted by Gasteiger charge is 2.23. The summed E-state index contributed by atoms with van der Waals surface area (Å²) in [7, 11) is 0. The fraction of sp³-hybridized carbons (Fsp3) is 0.765. The number of aryl methyl sites for hydroxylation is 1. The Hall–Kier alpha value is -0.380. The lowest BCUT2D eigenvalue weighted by Gasteiger charge is -2.34. The third kappa shape index (κ3) is 3.84. The fourth-order valence-electron chi connectivity index (χ4n) is 3.53. The lowest BCUT2D eigenvalue weighted by molar-refractivity contribution is 0.134. The SMILES string of the molecule is Cc1sc(CNC2CC2)cc1CN1CC(C)CC(C)C1. The van der Waals surface area contributed by atoms with E-state index in [0.717, 1.165) is 31.0 Å². The van der Waals surface area contributed by atoms with E-state index in [4.69, 9.17) is 0 Å². The molecule has 20 heavy (non-hydrogen) atoms. The first-order valence-electron chi connectivity index (χ1n) is 8.14. The van der Waals surface area contributed by atoms with Gasteiger partial charge in [-0.05, 0) is 49.7 Å². The molecule has 2 aliphatic rings. The van der Waals surface area contributed by atoms with Crippen LogP contribution in [0.4, 0.5) is 0 Å². The Morgan fingerprint density at radius 2 is 1.95 bits per heavy atom. The van der Waals surface area contributed by atoms with Crippen LogP contribution in [0, 0.1) is 18.8 Å². The Balaban J connectivity index is 1.58. The summed E-state index contributed by atoms with van der Waals surface area (Å²) in [5.74, 6) is 1.71. The molecule has 2 nitrogen and oxygen atoms in total. The maximum Gasteiger partial charge on any atom is 0.0302 e. The number of hydrogen-bond acceptors (Lipinski definition) is 3. The molecule has 1 aliphatic heterocycles. The average Bonchev–Trinajstić information content (AvgIpc) is 3.12. The van der Waals surface area contributed by atoms with Gasteiger partial charge in [0.1, 0.15) is 0 Å². The van der Waals surface area contributed by atoms with E-state index in [2.05, 4.69) is 37.1 Å². The molecule has 1 aliphatic carbocycles. The van der Waals surface area contributed by atoms with Crippen LogP contribution in [0.25, 0.3) is 0 Å². The molecule has 0 spiro atoms. The van der Waals surface area contributed by atoms with Gasteiger partial charge in [-0.25, -0.2) is 0 Å². The molecule has 2 heterocycles. The summed E-state index contributed by atoms with van der Waals surface area (Å²) in [6, 6.07) is 3.25. The lowest BCUT2D eigenvalue weighted by Crippen LogP contribution is -2.38. The second kappa shape index (κ2) is 6.17. The molecule has 1 aromatic rings. The van der Waals surface area contributed by atoms with E-state index >= 15 is 0 Å². The second-order valence-corrected chi connectivity index (χ2v) is 8.43. The largest absolute Gasteiger partial charge is 0.309 e. The maximum atomic E-state index is 3.63.